The molecule has 158 valence electrons. The van der Waals surface area contributed by atoms with Gasteiger partial charge in [-0.2, -0.15) is 0 Å². The molecule has 3 aromatic rings. The van der Waals surface area contributed by atoms with Gasteiger partial charge < -0.3 is 15.7 Å². The number of carbonyl (C=O) groups is 1. The van der Waals surface area contributed by atoms with Crippen LogP contribution in [-0.4, -0.2) is 41.2 Å². The summed E-state index contributed by atoms with van der Waals surface area (Å²) >= 11 is 1.79. The van der Waals surface area contributed by atoms with Gasteiger partial charge in [-0.25, -0.2) is 4.79 Å². The molecule has 0 bridgehead atoms. The number of nitrogens with zero attached hydrogens (tertiary/aromatic N) is 1. The fraction of sp³-hybridized carbons (Fsp3) is 0.375. The van der Waals surface area contributed by atoms with Crippen LogP contribution in [0.1, 0.15) is 29.9 Å². The molecule has 0 saturated carbocycles. The van der Waals surface area contributed by atoms with Crippen molar-refractivity contribution in [1.82, 2.24) is 15.5 Å². The SMILES string of the molecule is CN1Cc2cc(O)ccc2C[C@H]1CNC(=O)NC(C)(C)Cc1cc2ccccc2s1. The zero-order valence-electron chi connectivity index (χ0n) is 17.7. The molecule has 2 amide bonds. The molecule has 0 saturated heterocycles. The Labute approximate surface area is 181 Å². The van der Waals surface area contributed by atoms with E-state index in [0.29, 0.717) is 12.3 Å². The number of hydrogen-bond donors (Lipinski definition) is 3. The Kier molecular flexibility index (Phi) is 5.71. The quantitative estimate of drug-likeness (QED) is 0.574. The van der Waals surface area contributed by atoms with Crippen LogP contribution in [0, 0.1) is 0 Å². The Bertz CT molecular complexity index is 1030. The molecule has 4 rings (SSSR count). The summed E-state index contributed by atoms with van der Waals surface area (Å²) in [5, 5.41) is 17.1. The maximum atomic E-state index is 12.6. The first-order valence-corrected chi connectivity index (χ1v) is 11.2. The Morgan fingerprint density at radius 1 is 1.20 bits per heavy atom. The van der Waals surface area contributed by atoms with Crippen LogP contribution in [0.5, 0.6) is 5.75 Å². The number of amides is 2. The van der Waals surface area contributed by atoms with Gasteiger partial charge in [-0.15, -0.1) is 11.3 Å². The topological polar surface area (TPSA) is 64.6 Å². The number of phenolic OH excluding ortho intramolecular Hbond substituents is 1. The average Bonchev–Trinajstić information content (AvgIpc) is 3.07. The van der Waals surface area contributed by atoms with Crippen LogP contribution in [0.3, 0.4) is 0 Å². The molecular formula is C24H29N3O2S. The van der Waals surface area contributed by atoms with Crippen LogP contribution in [0.2, 0.25) is 0 Å². The number of thiophene rings is 1. The first-order valence-electron chi connectivity index (χ1n) is 10.3. The van der Waals surface area contributed by atoms with Crippen LogP contribution in [0.4, 0.5) is 4.79 Å². The summed E-state index contributed by atoms with van der Waals surface area (Å²) in [4.78, 5) is 16.1. The lowest BCUT2D eigenvalue weighted by molar-refractivity contribution is 0.199. The molecular weight excluding hydrogens is 394 g/mol. The van der Waals surface area contributed by atoms with Gasteiger partial charge in [-0.3, -0.25) is 4.90 Å². The second kappa shape index (κ2) is 8.28. The van der Waals surface area contributed by atoms with Crippen molar-refractivity contribution in [2.75, 3.05) is 13.6 Å². The number of urea groups is 1. The predicted octanol–water partition coefficient (Wildman–Crippen LogP) is 4.28. The molecule has 5 nitrogen and oxygen atoms in total. The Morgan fingerprint density at radius 2 is 2.00 bits per heavy atom. The number of phenols is 1. The van der Waals surface area contributed by atoms with E-state index in [4.69, 9.17) is 0 Å². The first-order chi connectivity index (χ1) is 14.3. The lowest BCUT2D eigenvalue weighted by Crippen LogP contribution is -2.53. The van der Waals surface area contributed by atoms with Crippen molar-refractivity contribution in [3.05, 3.63) is 64.5 Å². The molecule has 0 fully saturated rings. The van der Waals surface area contributed by atoms with Crippen molar-refractivity contribution in [1.29, 1.82) is 0 Å². The van der Waals surface area contributed by atoms with Gasteiger partial charge in [0.15, 0.2) is 0 Å². The van der Waals surface area contributed by atoms with Gasteiger partial charge in [0, 0.05) is 40.7 Å². The van der Waals surface area contributed by atoms with Gasteiger partial charge in [0.05, 0.1) is 0 Å². The van der Waals surface area contributed by atoms with E-state index in [0.717, 1.165) is 24.9 Å². The van der Waals surface area contributed by atoms with Crippen molar-refractivity contribution in [3.8, 4) is 5.75 Å². The summed E-state index contributed by atoms with van der Waals surface area (Å²) in [5.74, 6) is 0.305. The Balaban J connectivity index is 1.32. The standard InChI is InChI=1S/C24H29N3O2S/c1-24(2,13-21-12-17-6-4-5-7-22(17)30-21)26-23(29)25-14-19-10-16-8-9-20(28)11-18(16)15-27(19)3/h4-9,11-12,19,28H,10,13-15H2,1-3H3,(H2,25,26,29)/t19-/m0/s1. The predicted molar refractivity (Wildman–Crippen MR) is 123 cm³/mol. The zero-order chi connectivity index (χ0) is 21.3. The number of likely N-dealkylation sites (N-methyl/N-ethyl adjacent to an activating group) is 1. The third kappa shape index (κ3) is 4.77. The van der Waals surface area contributed by atoms with E-state index in [9.17, 15) is 9.90 Å². The highest BCUT2D eigenvalue weighted by atomic mass is 32.1. The fourth-order valence-corrected chi connectivity index (χ4v) is 5.45. The van der Waals surface area contributed by atoms with Gasteiger partial charge in [-0.05, 0) is 68.1 Å². The highest BCUT2D eigenvalue weighted by molar-refractivity contribution is 7.19. The molecule has 1 aliphatic heterocycles. The van der Waals surface area contributed by atoms with Crippen LogP contribution in [-0.2, 0) is 19.4 Å². The third-order valence-electron chi connectivity index (χ3n) is 5.73. The lowest BCUT2D eigenvalue weighted by Gasteiger charge is -2.34. The van der Waals surface area contributed by atoms with Crippen molar-refractivity contribution in [2.24, 2.45) is 0 Å². The number of hydrogen-bond acceptors (Lipinski definition) is 4. The Morgan fingerprint density at radius 3 is 2.80 bits per heavy atom. The molecule has 3 N–H and O–H groups in total. The monoisotopic (exact) mass is 423 g/mol. The van der Waals surface area contributed by atoms with E-state index in [1.165, 1.54) is 20.5 Å². The molecule has 1 aromatic heterocycles. The summed E-state index contributed by atoms with van der Waals surface area (Å²) in [6.07, 6.45) is 1.65. The molecule has 2 heterocycles. The second-order valence-electron chi connectivity index (χ2n) is 8.87. The van der Waals surface area contributed by atoms with Crippen molar-refractivity contribution in [3.63, 3.8) is 0 Å². The molecule has 1 atom stereocenters. The summed E-state index contributed by atoms with van der Waals surface area (Å²) in [7, 11) is 2.06. The smallest absolute Gasteiger partial charge is 0.315 e. The number of benzene rings is 2. The van der Waals surface area contributed by atoms with E-state index in [1.807, 2.05) is 12.1 Å². The zero-order valence-corrected chi connectivity index (χ0v) is 18.6. The minimum absolute atomic E-state index is 0.133. The third-order valence-corrected chi connectivity index (χ3v) is 6.85. The highest BCUT2D eigenvalue weighted by Crippen LogP contribution is 2.28. The van der Waals surface area contributed by atoms with E-state index in [1.54, 1.807) is 17.4 Å². The first kappa shape index (κ1) is 20.7. The maximum Gasteiger partial charge on any atom is 0.315 e. The minimum atomic E-state index is -0.340. The fourth-order valence-electron chi connectivity index (χ4n) is 4.16. The molecule has 30 heavy (non-hydrogen) atoms. The average molecular weight is 424 g/mol. The van der Waals surface area contributed by atoms with Crippen molar-refractivity contribution < 1.29 is 9.90 Å². The molecule has 0 spiro atoms. The minimum Gasteiger partial charge on any atom is -0.508 e. The Hall–Kier alpha value is -2.57. The normalized spacial score (nSPS) is 17.0. The van der Waals surface area contributed by atoms with E-state index < -0.39 is 0 Å². The number of aromatic hydroxyl groups is 1. The molecule has 0 radical (unpaired) electrons. The van der Waals surface area contributed by atoms with Gasteiger partial charge in [0.25, 0.3) is 0 Å². The summed E-state index contributed by atoms with van der Waals surface area (Å²) in [6.45, 7) is 5.48. The molecule has 0 aliphatic carbocycles. The summed E-state index contributed by atoms with van der Waals surface area (Å²) in [5.41, 5.74) is 2.05. The van der Waals surface area contributed by atoms with Crippen molar-refractivity contribution in [2.45, 2.75) is 44.8 Å². The number of fused-ring (bicyclic) bond motifs is 2. The van der Waals surface area contributed by atoms with E-state index >= 15 is 0 Å². The largest absolute Gasteiger partial charge is 0.508 e. The summed E-state index contributed by atoms with van der Waals surface area (Å²) in [6, 6.07) is 16.2. The van der Waals surface area contributed by atoms with Crippen LogP contribution in [0.25, 0.3) is 10.1 Å². The van der Waals surface area contributed by atoms with Gasteiger partial charge >= 0.3 is 6.03 Å². The van der Waals surface area contributed by atoms with Gasteiger partial charge in [0.1, 0.15) is 5.75 Å². The highest BCUT2D eigenvalue weighted by Gasteiger charge is 2.26. The molecule has 1 aliphatic rings. The van der Waals surface area contributed by atoms with Crippen LogP contribution in [0.15, 0.2) is 48.5 Å². The number of nitrogens with one attached hydrogen (secondary N) is 2. The van der Waals surface area contributed by atoms with Gasteiger partial charge in [-0.1, -0.05) is 24.3 Å². The number of rotatable bonds is 5. The van der Waals surface area contributed by atoms with E-state index in [2.05, 4.69) is 66.8 Å². The molecule has 2 aromatic carbocycles. The molecule has 6 heteroatoms. The molecule has 0 unspecified atom stereocenters. The maximum absolute atomic E-state index is 12.6. The van der Waals surface area contributed by atoms with Crippen molar-refractivity contribution >= 4 is 27.5 Å². The van der Waals surface area contributed by atoms with E-state index in [-0.39, 0.29) is 17.6 Å². The second-order valence-corrected chi connectivity index (χ2v) is 10.0. The van der Waals surface area contributed by atoms with Crippen LogP contribution < -0.4 is 10.6 Å². The van der Waals surface area contributed by atoms with Crippen LogP contribution >= 0.6 is 11.3 Å². The number of carbonyl (C=O) groups excluding carboxylic acids is 1. The van der Waals surface area contributed by atoms with Gasteiger partial charge in [0.2, 0.25) is 0 Å². The summed E-state index contributed by atoms with van der Waals surface area (Å²) < 4.78 is 1.28. The lowest BCUT2D eigenvalue weighted by atomic mass is 9.94.